The monoisotopic (exact) mass is 389 g/mol. The van der Waals surface area contributed by atoms with Crippen molar-refractivity contribution in [1.29, 1.82) is 0 Å². The number of rotatable bonds is 23. The summed E-state index contributed by atoms with van der Waals surface area (Å²) >= 11 is 0. The van der Waals surface area contributed by atoms with E-state index in [0.717, 1.165) is 0 Å². The Labute approximate surface area is 179 Å². The normalized spacial score (nSPS) is 11.9. The third-order valence-electron chi connectivity index (χ3n) is 5.76. The zero-order valence-electron chi connectivity index (χ0n) is 19.8. The highest BCUT2D eigenvalue weighted by Gasteiger charge is 1.93. The number of hydrogen-bond acceptors (Lipinski definition) is 0. The van der Waals surface area contributed by atoms with Crippen LogP contribution in [0.1, 0.15) is 155 Å². The van der Waals surface area contributed by atoms with E-state index >= 15 is 0 Å². The molecule has 28 heavy (non-hydrogen) atoms. The average Bonchev–Trinajstić information content (AvgIpc) is 2.71. The zero-order chi connectivity index (χ0) is 20.4. The second kappa shape index (κ2) is 26.5. The van der Waals surface area contributed by atoms with Gasteiger partial charge in [-0.1, -0.05) is 148 Å². The van der Waals surface area contributed by atoms with E-state index in [-0.39, 0.29) is 0 Å². The van der Waals surface area contributed by atoms with Gasteiger partial charge in [0.1, 0.15) is 0 Å². The lowest BCUT2D eigenvalue weighted by molar-refractivity contribution is 0.550. The molecule has 0 aliphatic heterocycles. The van der Waals surface area contributed by atoms with Crippen LogP contribution in [-0.2, 0) is 0 Å². The average molecular weight is 390 g/mol. The second-order valence-corrected chi connectivity index (χ2v) is 8.71. The quantitative estimate of drug-likeness (QED) is 0.120. The van der Waals surface area contributed by atoms with Crippen LogP contribution in [0.3, 0.4) is 0 Å². The van der Waals surface area contributed by atoms with E-state index in [9.17, 15) is 0 Å². The highest BCUT2D eigenvalue weighted by atomic mass is 14.0. The summed E-state index contributed by atoms with van der Waals surface area (Å²) in [5, 5.41) is 0. The van der Waals surface area contributed by atoms with Crippen LogP contribution in [0.25, 0.3) is 0 Å². The lowest BCUT2D eigenvalue weighted by Gasteiger charge is -2.01. The van der Waals surface area contributed by atoms with E-state index in [4.69, 9.17) is 0 Å². The van der Waals surface area contributed by atoms with Gasteiger partial charge in [0.25, 0.3) is 0 Å². The van der Waals surface area contributed by atoms with E-state index in [1.807, 2.05) is 0 Å². The summed E-state index contributed by atoms with van der Waals surface area (Å²) in [6.07, 6.45) is 40.9. The largest absolute Gasteiger partial charge is 0.0839 e. The molecule has 0 saturated heterocycles. The van der Waals surface area contributed by atoms with E-state index < -0.39 is 0 Å². The molecular weight excluding hydrogens is 336 g/mol. The highest BCUT2D eigenvalue weighted by molar-refractivity contribution is 4.94. The van der Waals surface area contributed by atoms with Crippen molar-refractivity contribution in [3.8, 4) is 0 Å². The third kappa shape index (κ3) is 25.5. The van der Waals surface area contributed by atoms with Gasteiger partial charge in [0.05, 0.1) is 0 Å². The van der Waals surface area contributed by atoms with Gasteiger partial charge in [-0.3, -0.25) is 0 Å². The first-order valence-electron chi connectivity index (χ1n) is 13.1. The molecule has 1 radical (unpaired) electrons. The predicted octanol–water partition coefficient (Wildman–Crippen LogP) is 10.5. The van der Waals surface area contributed by atoms with Gasteiger partial charge in [-0.05, 0) is 31.8 Å². The molecular formula is C28H53. The van der Waals surface area contributed by atoms with Crippen molar-refractivity contribution in [3.05, 3.63) is 24.3 Å². The molecule has 0 heterocycles. The summed E-state index contributed by atoms with van der Waals surface area (Å²) in [5.74, 6) is 0. The standard InChI is InChI=1S/C28H53/c1-3-5-7-9-11-13-15-17-19-21-23-25-27-28-26-24-22-20-18-16-14-12-10-8-6-4-2/h23,25,28H,3-22,24,26H2,1-2H3. The van der Waals surface area contributed by atoms with E-state index in [1.54, 1.807) is 0 Å². The first-order valence-corrected chi connectivity index (χ1v) is 13.1. The minimum Gasteiger partial charge on any atom is -0.0839 e. The third-order valence-corrected chi connectivity index (χ3v) is 5.76. The fraction of sp³-hybridized carbons (Fsp3) is 0.857. The Morgan fingerprint density at radius 3 is 1.21 bits per heavy atom. The number of hydrogen-bond donors (Lipinski definition) is 0. The Balaban J connectivity index is 3.14. The highest BCUT2D eigenvalue weighted by Crippen LogP contribution is 2.12. The van der Waals surface area contributed by atoms with Crippen molar-refractivity contribution < 1.29 is 0 Å². The summed E-state index contributed by atoms with van der Waals surface area (Å²) in [6, 6.07) is 0. The van der Waals surface area contributed by atoms with E-state index in [1.165, 1.54) is 141 Å². The zero-order valence-corrected chi connectivity index (χ0v) is 19.8. The summed E-state index contributed by atoms with van der Waals surface area (Å²) in [7, 11) is 0. The lowest BCUT2D eigenvalue weighted by atomic mass is 10.1. The van der Waals surface area contributed by atoms with E-state index in [2.05, 4.69) is 38.2 Å². The van der Waals surface area contributed by atoms with Gasteiger partial charge >= 0.3 is 0 Å². The van der Waals surface area contributed by atoms with Gasteiger partial charge in [0, 0.05) is 0 Å². The van der Waals surface area contributed by atoms with Crippen molar-refractivity contribution >= 4 is 0 Å². The molecule has 0 unspecified atom stereocenters. The van der Waals surface area contributed by atoms with Crippen molar-refractivity contribution in [2.24, 2.45) is 0 Å². The molecule has 0 aromatic carbocycles. The molecule has 0 bridgehead atoms. The molecule has 0 spiro atoms. The molecule has 0 rings (SSSR count). The van der Waals surface area contributed by atoms with Gasteiger partial charge in [-0.25, -0.2) is 0 Å². The fourth-order valence-electron chi connectivity index (χ4n) is 3.79. The molecule has 0 aromatic rings. The van der Waals surface area contributed by atoms with Crippen LogP contribution < -0.4 is 0 Å². The van der Waals surface area contributed by atoms with Crippen molar-refractivity contribution in [3.63, 3.8) is 0 Å². The predicted molar refractivity (Wildman–Crippen MR) is 130 cm³/mol. The Morgan fingerprint density at radius 1 is 0.429 bits per heavy atom. The van der Waals surface area contributed by atoms with Crippen molar-refractivity contribution in [1.82, 2.24) is 0 Å². The Kier molecular flexibility index (Phi) is 26.0. The molecule has 0 saturated carbocycles. The maximum Gasteiger partial charge on any atom is -0.0230 e. The van der Waals surface area contributed by atoms with Crippen LogP contribution in [0.15, 0.2) is 18.2 Å². The Morgan fingerprint density at radius 2 is 0.786 bits per heavy atom. The smallest absolute Gasteiger partial charge is 0.0230 e. The van der Waals surface area contributed by atoms with E-state index in [0.29, 0.717) is 0 Å². The minimum atomic E-state index is 1.21. The maximum absolute atomic E-state index is 3.35. The van der Waals surface area contributed by atoms with Crippen LogP contribution in [0.2, 0.25) is 0 Å². The maximum atomic E-state index is 3.35. The van der Waals surface area contributed by atoms with Gasteiger partial charge in [-0.2, -0.15) is 0 Å². The van der Waals surface area contributed by atoms with Crippen LogP contribution in [-0.4, -0.2) is 0 Å². The molecule has 0 aromatic heterocycles. The van der Waals surface area contributed by atoms with Gasteiger partial charge in [0.2, 0.25) is 0 Å². The van der Waals surface area contributed by atoms with Gasteiger partial charge < -0.3 is 0 Å². The second-order valence-electron chi connectivity index (χ2n) is 8.71. The Bertz CT molecular complexity index is 312. The van der Waals surface area contributed by atoms with Crippen molar-refractivity contribution in [2.75, 3.05) is 0 Å². The first kappa shape index (κ1) is 27.5. The lowest BCUT2D eigenvalue weighted by Crippen LogP contribution is -1.82. The summed E-state index contributed by atoms with van der Waals surface area (Å²) in [5.41, 5.74) is 0. The molecule has 0 nitrogen and oxygen atoms in total. The molecule has 0 aliphatic rings. The number of unbranched alkanes of at least 4 members (excludes halogenated alkanes) is 20. The fourth-order valence-corrected chi connectivity index (χ4v) is 3.79. The topological polar surface area (TPSA) is 0 Å². The van der Waals surface area contributed by atoms with Crippen LogP contribution in [0, 0.1) is 6.08 Å². The van der Waals surface area contributed by atoms with Crippen LogP contribution in [0.4, 0.5) is 0 Å². The molecule has 0 amide bonds. The molecule has 0 heteroatoms. The Hall–Kier alpha value is -0.520. The molecule has 0 fully saturated rings. The van der Waals surface area contributed by atoms with Crippen LogP contribution in [0.5, 0.6) is 0 Å². The molecule has 0 atom stereocenters. The number of allylic oxidation sites excluding steroid dienone is 4. The molecule has 0 aliphatic carbocycles. The summed E-state index contributed by atoms with van der Waals surface area (Å²) in [4.78, 5) is 0. The van der Waals surface area contributed by atoms with Crippen LogP contribution >= 0.6 is 0 Å². The minimum absolute atomic E-state index is 1.21. The summed E-state index contributed by atoms with van der Waals surface area (Å²) in [6.45, 7) is 4.58. The SMILES string of the molecule is CCCCCCCCCCCC=C/[C]=C/CCCCCCCCCCCCC. The van der Waals surface area contributed by atoms with Gasteiger partial charge in [-0.15, -0.1) is 0 Å². The first-order chi connectivity index (χ1) is 13.9. The van der Waals surface area contributed by atoms with Crippen molar-refractivity contribution in [2.45, 2.75) is 155 Å². The molecule has 0 N–H and O–H groups in total. The summed E-state index contributed by atoms with van der Waals surface area (Å²) < 4.78 is 0. The molecule has 165 valence electrons. The van der Waals surface area contributed by atoms with Gasteiger partial charge in [0.15, 0.2) is 0 Å².